The molecule has 1 aromatic heterocycles. The van der Waals surface area contributed by atoms with Crippen LogP contribution in [0.4, 0.5) is 8.78 Å². The van der Waals surface area contributed by atoms with Crippen LogP contribution in [0.2, 0.25) is 0 Å². The van der Waals surface area contributed by atoms with E-state index in [1.165, 1.54) is 16.8 Å². The van der Waals surface area contributed by atoms with Crippen LogP contribution < -0.4 is 10.7 Å². The van der Waals surface area contributed by atoms with E-state index in [4.69, 9.17) is 4.74 Å². The maximum atomic E-state index is 13.8. The molecule has 1 aromatic carbocycles. The molecule has 8 nitrogen and oxygen atoms in total. The number of ether oxygens (including phenoxy) is 1. The van der Waals surface area contributed by atoms with Crippen molar-refractivity contribution in [1.82, 2.24) is 14.8 Å². The molecule has 5 rings (SSSR count). The van der Waals surface area contributed by atoms with Crippen LogP contribution in [0.3, 0.4) is 0 Å². The number of amides is 2. The average Bonchev–Trinajstić information content (AvgIpc) is 3.49. The second-order valence-corrected chi connectivity index (χ2v) is 8.11. The quantitative estimate of drug-likeness (QED) is 0.767. The Kier molecular flexibility index (Phi) is 4.37. The molecule has 3 heterocycles. The van der Waals surface area contributed by atoms with Gasteiger partial charge in [0.1, 0.15) is 17.2 Å². The third-order valence-electron chi connectivity index (χ3n) is 6.23. The Bertz CT molecular complexity index is 1170. The fraction of sp³-hybridized carbons (Fsp3) is 0.381. The zero-order valence-electron chi connectivity index (χ0n) is 16.4. The molecule has 1 saturated heterocycles. The van der Waals surface area contributed by atoms with E-state index in [9.17, 15) is 28.3 Å². The van der Waals surface area contributed by atoms with Crippen LogP contribution in [0, 0.1) is 11.6 Å². The van der Waals surface area contributed by atoms with E-state index in [0.717, 1.165) is 18.9 Å². The first-order chi connectivity index (χ1) is 14.8. The minimum atomic E-state index is -0.988. The van der Waals surface area contributed by atoms with Gasteiger partial charge in [0.05, 0.1) is 13.2 Å². The van der Waals surface area contributed by atoms with Crippen molar-refractivity contribution in [3.63, 3.8) is 0 Å². The van der Waals surface area contributed by atoms with Crippen molar-refractivity contribution in [3.8, 4) is 5.75 Å². The van der Waals surface area contributed by atoms with Crippen molar-refractivity contribution in [2.24, 2.45) is 0 Å². The van der Waals surface area contributed by atoms with Gasteiger partial charge < -0.3 is 24.6 Å². The second kappa shape index (κ2) is 6.88. The highest BCUT2D eigenvalue weighted by atomic mass is 19.1. The summed E-state index contributed by atoms with van der Waals surface area (Å²) >= 11 is 0. The molecule has 10 heteroatoms. The van der Waals surface area contributed by atoms with E-state index in [1.807, 2.05) is 0 Å². The Morgan fingerprint density at radius 1 is 1.26 bits per heavy atom. The molecule has 162 valence electrons. The lowest BCUT2D eigenvalue weighted by atomic mass is 10.0. The molecule has 1 spiro atoms. The molecule has 1 saturated carbocycles. The van der Waals surface area contributed by atoms with Crippen molar-refractivity contribution >= 4 is 11.8 Å². The summed E-state index contributed by atoms with van der Waals surface area (Å²) in [4.78, 5) is 39.9. The summed E-state index contributed by atoms with van der Waals surface area (Å²) in [5.74, 6) is -3.73. The van der Waals surface area contributed by atoms with Crippen LogP contribution in [-0.2, 0) is 17.8 Å². The van der Waals surface area contributed by atoms with Gasteiger partial charge in [-0.15, -0.1) is 0 Å². The van der Waals surface area contributed by atoms with Gasteiger partial charge in [0.25, 0.3) is 11.8 Å². The molecule has 2 amide bonds. The van der Waals surface area contributed by atoms with Gasteiger partial charge in [-0.3, -0.25) is 14.4 Å². The molecule has 2 aliphatic heterocycles. The number of rotatable bonds is 3. The SMILES string of the molecule is O=C(NCc1ccc(F)cc1F)c1cn2c(c(O)c1=O)C(=O)N1[C@@H](C2)OCCC12CC2. The molecule has 0 unspecified atom stereocenters. The lowest BCUT2D eigenvalue weighted by Crippen LogP contribution is -2.59. The molecule has 2 aromatic rings. The van der Waals surface area contributed by atoms with E-state index in [0.29, 0.717) is 19.1 Å². The minimum absolute atomic E-state index is 0.0354. The summed E-state index contributed by atoms with van der Waals surface area (Å²) < 4.78 is 33.9. The summed E-state index contributed by atoms with van der Waals surface area (Å²) in [6, 6.07) is 2.93. The fourth-order valence-corrected chi connectivity index (χ4v) is 4.40. The number of benzene rings is 1. The third kappa shape index (κ3) is 3.09. The number of hydrogen-bond acceptors (Lipinski definition) is 5. The number of fused-ring (bicyclic) bond motifs is 3. The van der Waals surface area contributed by atoms with Crippen molar-refractivity contribution in [3.05, 3.63) is 63.1 Å². The zero-order valence-corrected chi connectivity index (χ0v) is 16.4. The Morgan fingerprint density at radius 3 is 2.74 bits per heavy atom. The van der Waals surface area contributed by atoms with Crippen LogP contribution in [0.15, 0.2) is 29.2 Å². The first-order valence-corrected chi connectivity index (χ1v) is 9.94. The Hall–Kier alpha value is -3.27. The first kappa shape index (κ1) is 19.7. The standard InChI is InChI=1S/C21H19F2N3O5/c22-12-2-1-11(14(23)7-12)8-24-19(29)13-9-25-10-15-26(21(3-4-21)5-6-31-15)20(30)16(25)18(28)17(13)27/h1-2,7,9,15,28H,3-6,8,10H2,(H,24,29)/t15-/m1/s1. The Morgan fingerprint density at radius 2 is 2.03 bits per heavy atom. The zero-order chi connectivity index (χ0) is 21.9. The number of carbonyl (C=O) groups is 2. The molecule has 1 atom stereocenters. The molecule has 2 fully saturated rings. The van der Waals surface area contributed by atoms with Gasteiger partial charge in [0.2, 0.25) is 5.43 Å². The second-order valence-electron chi connectivity index (χ2n) is 8.11. The topological polar surface area (TPSA) is 101 Å². The molecule has 0 bridgehead atoms. The smallest absolute Gasteiger partial charge is 0.277 e. The van der Waals surface area contributed by atoms with Gasteiger partial charge in [-0.05, 0) is 25.3 Å². The molecule has 1 aliphatic carbocycles. The number of aromatic nitrogens is 1. The molecule has 0 radical (unpaired) electrons. The van der Waals surface area contributed by atoms with Crippen LogP contribution in [0.5, 0.6) is 5.75 Å². The normalized spacial score (nSPS) is 20.9. The summed E-state index contributed by atoms with van der Waals surface area (Å²) in [5, 5.41) is 12.9. The van der Waals surface area contributed by atoms with E-state index in [-0.39, 0.29) is 35.4 Å². The van der Waals surface area contributed by atoms with E-state index >= 15 is 0 Å². The molecule has 31 heavy (non-hydrogen) atoms. The molecule has 3 aliphatic rings. The minimum Gasteiger partial charge on any atom is -0.503 e. The number of pyridine rings is 1. The number of halogens is 2. The molecule has 2 N–H and O–H groups in total. The van der Waals surface area contributed by atoms with Gasteiger partial charge in [0, 0.05) is 29.9 Å². The predicted molar refractivity (Wildman–Crippen MR) is 102 cm³/mol. The fourth-order valence-electron chi connectivity index (χ4n) is 4.40. The van der Waals surface area contributed by atoms with Gasteiger partial charge >= 0.3 is 0 Å². The number of aromatic hydroxyl groups is 1. The monoisotopic (exact) mass is 431 g/mol. The Labute approximate surface area is 175 Å². The van der Waals surface area contributed by atoms with Crippen molar-refractivity contribution in [2.75, 3.05) is 6.61 Å². The highest BCUT2D eigenvalue weighted by molar-refractivity contribution is 5.99. The summed E-state index contributed by atoms with van der Waals surface area (Å²) in [6.45, 7) is 0.393. The largest absolute Gasteiger partial charge is 0.503 e. The van der Waals surface area contributed by atoms with Crippen LogP contribution >= 0.6 is 0 Å². The van der Waals surface area contributed by atoms with E-state index in [1.54, 1.807) is 4.90 Å². The van der Waals surface area contributed by atoms with Crippen molar-refractivity contribution < 1.29 is 28.2 Å². The van der Waals surface area contributed by atoms with Gasteiger partial charge in [-0.2, -0.15) is 0 Å². The van der Waals surface area contributed by atoms with E-state index < -0.39 is 40.9 Å². The number of nitrogens with one attached hydrogen (secondary N) is 1. The number of hydrogen-bond donors (Lipinski definition) is 2. The van der Waals surface area contributed by atoms with Crippen LogP contribution in [0.25, 0.3) is 0 Å². The predicted octanol–water partition coefficient (Wildman–Crippen LogP) is 1.50. The average molecular weight is 431 g/mol. The number of carbonyl (C=O) groups excluding carboxylic acids is 2. The van der Waals surface area contributed by atoms with Crippen molar-refractivity contribution in [2.45, 2.75) is 44.1 Å². The summed E-state index contributed by atoms with van der Waals surface area (Å²) in [6.07, 6.45) is 3.08. The van der Waals surface area contributed by atoms with E-state index in [2.05, 4.69) is 5.32 Å². The highest BCUT2D eigenvalue weighted by Gasteiger charge is 2.57. The van der Waals surface area contributed by atoms with Crippen molar-refractivity contribution in [1.29, 1.82) is 0 Å². The van der Waals surface area contributed by atoms with Gasteiger partial charge in [0.15, 0.2) is 17.7 Å². The summed E-state index contributed by atoms with van der Waals surface area (Å²) in [7, 11) is 0. The molecular weight excluding hydrogens is 412 g/mol. The van der Waals surface area contributed by atoms with Crippen LogP contribution in [0.1, 0.15) is 45.7 Å². The highest BCUT2D eigenvalue weighted by Crippen LogP contribution is 2.50. The molecular formula is C21H19F2N3O5. The maximum absolute atomic E-state index is 13.8. The first-order valence-electron chi connectivity index (χ1n) is 9.94. The lowest BCUT2D eigenvalue weighted by Gasteiger charge is -2.46. The summed E-state index contributed by atoms with van der Waals surface area (Å²) in [5.41, 5.74) is -1.78. The number of nitrogens with zero attached hydrogens (tertiary/aromatic N) is 2. The van der Waals surface area contributed by atoms with Gasteiger partial charge in [-0.1, -0.05) is 6.07 Å². The Balaban J connectivity index is 1.44. The van der Waals surface area contributed by atoms with Gasteiger partial charge in [-0.25, -0.2) is 8.78 Å². The van der Waals surface area contributed by atoms with Crippen LogP contribution in [-0.4, -0.2) is 44.8 Å². The maximum Gasteiger partial charge on any atom is 0.277 e. The third-order valence-corrected chi connectivity index (χ3v) is 6.23. The lowest BCUT2D eigenvalue weighted by molar-refractivity contribution is -0.123.